The van der Waals surface area contributed by atoms with Crippen LogP contribution in [0.3, 0.4) is 0 Å². The van der Waals surface area contributed by atoms with Gasteiger partial charge in [-0.2, -0.15) is 0 Å². The molecule has 1 atom stereocenters. The summed E-state index contributed by atoms with van der Waals surface area (Å²) >= 11 is 0. The molecule has 0 amide bonds. The first-order valence-electron chi connectivity index (χ1n) is 3.88. The molecule has 0 spiro atoms. The van der Waals surface area contributed by atoms with E-state index in [1.165, 1.54) is 6.47 Å². The maximum Gasteiger partial charge on any atom is 0.432 e. The van der Waals surface area contributed by atoms with Gasteiger partial charge in [-0.05, 0) is 12.8 Å². The standard InChI is InChI=1S/C9H13O2/c1-3-5-9(4-2)6-7-11-8-10/h9H,3-5H2,1-2H3. The van der Waals surface area contributed by atoms with Crippen molar-refractivity contribution in [1.82, 2.24) is 0 Å². The molecule has 1 radical (unpaired) electrons. The van der Waals surface area contributed by atoms with Gasteiger partial charge < -0.3 is 4.74 Å². The fraction of sp³-hybridized carbons (Fsp3) is 0.667. The number of hydrogen-bond donors (Lipinski definition) is 0. The van der Waals surface area contributed by atoms with Crippen LogP contribution in [0.1, 0.15) is 33.1 Å². The Balaban J connectivity index is 3.68. The van der Waals surface area contributed by atoms with E-state index < -0.39 is 0 Å². The second kappa shape index (κ2) is 7.14. The molecular weight excluding hydrogens is 140 g/mol. The number of hydrogen-bond acceptors (Lipinski definition) is 2. The molecule has 0 aromatic carbocycles. The molecule has 0 N–H and O–H groups in total. The van der Waals surface area contributed by atoms with Crippen LogP contribution in [0.25, 0.3) is 0 Å². The van der Waals surface area contributed by atoms with E-state index in [2.05, 4.69) is 30.6 Å². The van der Waals surface area contributed by atoms with Crippen molar-refractivity contribution >= 4 is 6.47 Å². The van der Waals surface area contributed by atoms with Crippen molar-refractivity contribution in [2.24, 2.45) is 5.92 Å². The van der Waals surface area contributed by atoms with Gasteiger partial charge in [0.05, 0.1) is 0 Å². The average Bonchev–Trinajstić information content (AvgIpc) is 2.03. The first-order chi connectivity index (χ1) is 5.35. The second-order valence-electron chi connectivity index (χ2n) is 2.33. The summed E-state index contributed by atoms with van der Waals surface area (Å²) in [5, 5.41) is 0. The minimum Gasteiger partial charge on any atom is -0.364 e. The molecule has 0 saturated carbocycles. The third-order valence-corrected chi connectivity index (χ3v) is 1.49. The Morgan fingerprint density at radius 3 is 2.64 bits per heavy atom. The first kappa shape index (κ1) is 10.0. The molecule has 0 bridgehead atoms. The van der Waals surface area contributed by atoms with Gasteiger partial charge in [-0.3, -0.25) is 0 Å². The van der Waals surface area contributed by atoms with E-state index in [4.69, 9.17) is 0 Å². The highest BCUT2D eigenvalue weighted by molar-refractivity contribution is 5.40. The molecule has 2 nitrogen and oxygen atoms in total. The summed E-state index contributed by atoms with van der Waals surface area (Å²) in [7, 11) is 0. The number of rotatable bonds is 4. The van der Waals surface area contributed by atoms with Gasteiger partial charge in [0.1, 0.15) is 6.11 Å². The first-order valence-corrected chi connectivity index (χ1v) is 3.88. The lowest BCUT2D eigenvalue weighted by Gasteiger charge is -2.02. The third kappa shape index (κ3) is 5.47. The van der Waals surface area contributed by atoms with E-state index in [-0.39, 0.29) is 0 Å². The summed E-state index contributed by atoms with van der Waals surface area (Å²) in [6.45, 7) is 5.44. The van der Waals surface area contributed by atoms with Crippen LogP contribution >= 0.6 is 0 Å². The van der Waals surface area contributed by atoms with Crippen LogP contribution in [0.5, 0.6) is 0 Å². The molecule has 0 aliphatic carbocycles. The molecular formula is C9H13O2. The molecule has 0 aromatic heterocycles. The zero-order chi connectivity index (χ0) is 8.53. The Kier molecular flexibility index (Phi) is 6.51. The summed E-state index contributed by atoms with van der Waals surface area (Å²) in [6, 6.07) is 0. The summed E-state index contributed by atoms with van der Waals surface area (Å²) in [6.07, 6.45) is 5.47. The van der Waals surface area contributed by atoms with E-state index in [0.29, 0.717) is 5.92 Å². The van der Waals surface area contributed by atoms with Gasteiger partial charge in [-0.15, -0.1) is 0 Å². The summed E-state index contributed by atoms with van der Waals surface area (Å²) in [5.41, 5.74) is 0. The maximum atomic E-state index is 9.58. The maximum absolute atomic E-state index is 9.58. The summed E-state index contributed by atoms with van der Waals surface area (Å²) < 4.78 is 4.15. The van der Waals surface area contributed by atoms with Crippen LogP contribution in [0, 0.1) is 17.9 Å². The lowest BCUT2D eigenvalue weighted by Crippen LogP contribution is -1.93. The fourth-order valence-corrected chi connectivity index (χ4v) is 0.860. The van der Waals surface area contributed by atoms with Crippen LogP contribution in [-0.4, -0.2) is 6.47 Å². The van der Waals surface area contributed by atoms with Crippen molar-refractivity contribution in [3.63, 3.8) is 0 Å². The van der Waals surface area contributed by atoms with Crippen molar-refractivity contribution in [3.05, 3.63) is 0 Å². The van der Waals surface area contributed by atoms with Gasteiger partial charge in [0.2, 0.25) is 0 Å². The van der Waals surface area contributed by atoms with Crippen molar-refractivity contribution in [2.45, 2.75) is 33.1 Å². The van der Waals surface area contributed by atoms with Gasteiger partial charge in [0.25, 0.3) is 0 Å². The predicted octanol–water partition coefficient (Wildman–Crippen LogP) is 1.86. The minimum absolute atomic E-state index is 0.355. The molecule has 0 aliphatic heterocycles. The molecule has 0 saturated heterocycles. The quantitative estimate of drug-likeness (QED) is 0.576. The topological polar surface area (TPSA) is 26.3 Å². The Morgan fingerprint density at radius 2 is 2.18 bits per heavy atom. The minimum atomic E-state index is 0.355. The van der Waals surface area contributed by atoms with Gasteiger partial charge in [-0.1, -0.05) is 26.2 Å². The average molecular weight is 153 g/mol. The fourth-order valence-electron chi connectivity index (χ4n) is 0.860. The highest BCUT2D eigenvalue weighted by Crippen LogP contribution is 2.08. The monoisotopic (exact) mass is 153 g/mol. The summed E-state index contributed by atoms with van der Waals surface area (Å²) in [4.78, 5) is 9.58. The Bertz CT molecular complexity index is 153. The normalized spacial score (nSPS) is 11.1. The molecule has 0 fully saturated rings. The Labute approximate surface area is 67.9 Å². The van der Waals surface area contributed by atoms with Crippen molar-refractivity contribution in [3.8, 4) is 12.0 Å². The van der Waals surface area contributed by atoms with Gasteiger partial charge in [-0.25, -0.2) is 4.79 Å². The molecule has 0 rings (SSSR count). The van der Waals surface area contributed by atoms with Gasteiger partial charge >= 0.3 is 6.47 Å². The van der Waals surface area contributed by atoms with E-state index in [1.54, 1.807) is 0 Å². The Morgan fingerprint density at radius 1 is 1.45 bits per heavy atom. The van der Waals surface area contributed by atoms with Crippen LogP contribution in [0.4, 0.5) is 0 Å². The zero-order valence-electron chi connectivity index (χ0n) is 7.02. The lowest BCUT2D eigenvalue weighted by atomic mass is 10.0. The van der Waals surface area contributed by atoms with Crippen molar-refractivity contribution in [1.29, 1.82) is 0 Å². The van der Waals surface area contributed by atoms with Gasteiger partial charge in [0, 0.05) is 5.92 Å². The highest BCUT2D eigenvalue weighted by Gasteiger charge is 1.98. The van der Waals surface area contributed by atoms with Crippen molar-refractivity contribution in [2.75, 3.05) is 0 Å². The smallest absolute Gasteiger partial charge is 0.364 e. The summed E-state index contributed by atoms with van der Waals surface area (Å²) in [5.74, 6) is 3.19. The predicted molar refractivity (Wildman–Crippen MR) is 43.2 cm³/mol. The van der Waals surface area contributed by atoms with E-state index >= 15 is 0 Å². The van der Waals surface area contributed by atoms with Crippen LogP contribution in [0.15, 0.2) is 0 Å². The van der Waals surface area contributed by atoms with Crippen LogP contribution in [0.2, 0.25) is 0 Å². The molecule has 2 heteroatoms. The van der Waals surface area contributed by atoms with Gasteiger partial charge in [0.15, 0.2) is 0 Å². The third-order valence-electron chi connectivity index (χ3n) is 1.49. The van der Waals surface area contributed by atoms with Crippen LogP contribution < -0.4 is 0 Å². The highest BCUT2D eigenvalue weighted by atomic mass is 16.5. The van der Waals surface area contributed by atoms with Crippen LogP contribution in [-0.2, 0) is 9.53 Å². The molecule has 1 unspecified atom stereocenters. The molecule has 61 valence electrons. The molecule has 11 heavy (non-hydrogen) atoms. The molecule has 0 heterocycles. The molecule has 0 aromatic rings. The number of carbonyl (C=O) groups excluding carboxylic acids is 1. The van der Waals surface area contributed by atoms with E-state index in [0.717, 1.165) is 19.3 Å². The Hall–Kier alpha value is -0.970. The molecule has 0 aliphatic rings. The largest absolute Gasteiger partial charge is 0.432 e. The lowest BCUT2D eigenvalue weighted by molar-refractivity contribution is 0.418. The SMILES string of the molecule is CCCC(C#CO[C]=O)CC. The number of ether oxygens (including phenoxy) is 1. The second-order valence-corrected chi connectivity index (χ2v) is 2.33. The van der Waals surface area contributed by atoms with Crippen molar-refractivity contribution < 1.29 is 9.53 Å². The zero-order valence-corrected chi connectivity index (χ0v) is 7.02. The van der Waals surface area contributed by atoms with E-state index in [1.807, 2.05) is 0 Å². The van der Waals surface area contributed by atoms with E-state index in [9.17, 15) is 4.79 Å².